The Morgan fingerprint density at radius 1 is 1.00 bits per heavy atom. The third-order valence-corrected chi connectivity index (χ3v) is 5.35. The van der Waals surface area contributed by atoms with Crippen LogP contribution in [0.5, 0.6) is 0 Å². The van der Waals surface area contributed by atoms with Gasteiger partial charge in [-0.05, 0) is 43.2 Å². The first-order chi connectivity index (χ1) is 13.0. The molecule has 0 aliphatic heterocycles. The van der Waals surface area contributed by atoms with Crippen LogP contribution in [0.3, 0.4) is 0 Å². The molecule has 0 aliphatic rings. The summed E-state index contributed by atoms with van der Waals surface area (Å²) in [5, 5.41) is 7.80. The highest BCUT2D eigenvalue weighted by Gasteiger charge is 2.12. The Balaban J connectivity index is 1.65. The number of benzene rings is 2. The van der Waals surface area contributed by atoms with Gasteiger partial charge in [-0.1, -0.05) is 41.1 Å². The van der Waals surface area contributed by atoms with E-state index >= 15 is 0 Å². The van der Waals surface area contributed by atoms with Gasteiger partial charge in [0.1, 0.15) is 12.0 Å². The fourth-order valence-electron chi connectivity index (χ4n) is 2.69. The number of aromatic nitrogens is 3. The molecule has 4 N–H and O–H groups in total. The molecule has 0 saturated carbocycles. The molecule has 0 bridgehead atoms. The monoisotopic (exact) mass is 396 g/mol. The van der Waals surface area contributed by atoms with Crippen LogP contribution in [-0.4, -0.2) is 15.0 Å². The maximum atomic E-state index is 6.29. The zero-order valence-electron chi connectivity index (χ0n) is 14.7. The van der Waals surface area contributed by atoms with Gasteiger partial charge in [0.05, 0.1) is 10.2 Å². The third-order valence-electron chi connectivity index (χ3n) is 4.18. The molecule has 0 spiro atoms. The summed E-state index contributed by atoms with van der Waals surface area (Å²) in [6.07, 6.45) is 1.46. The molecule has 8 heteroatoms. The van der Waals surface area contributed by atoms with Crippen molar-refractivity contribution in [3.63, 3.8) is 0 Å². The lowest BCUT2D eigenvalue weighted by Gasteiger charge is -2.13. The minimum absolute atomic E-state index is 0.410. The highest BCUT2D eigenvalue weighted by atomic mass is 35.5. The quantitative estimate of drug-likeness (QED) is 0.426. The van der Waals surface area contributed by atoms with Crippen molar-refractivity contribution in [1.29, 1.82) is 0 Å². The van der Waals surface area contributed by atoms with Gasteiger partial charge in [0.2, 0.25) is 0 Å². The lowest BCUT2D eigenvalue weighted by molar-refractivity contribution is 1.17. The van der Waals surface area contributed by atoms with E-state index in [-0.39, 0.29) is 0 Å². The second-order valence-electron chi connectivity index (χ2n) is 6.13. The number of hydrogen-bond acceptors (Lipinski definition) is 7. The molecule has 2 aromatic heterocycles. The smallest absolute Gasteiger partial charge is 0.189 e. The molecule has 0 amide bonds. The van der Waals surface area contributed by atoms with Gasteiger partial charge in [-0.25, -0.2) is 15.0 Å². The Hall–Kier alpha value is -2.90. The SMILES string of the molecule is Cc1ccc(Cl)cc1Nc1ncnc(Nc2nc3c(C)cccc3s2)c1N. The van der Waals surface area contributed by atoms with Gasteiger partial charge in [-0.15, -0.1) is 0 Å². The van der Waals surface area contributed by atoms with Crippen LogP contribution in [0.1, 0.15) is 11.1 Å². The first-order valence-electron chi connectivity index (χ1n) is 8.28. The first kappa shape index (κ1) is 17.5. The second-order valence-corrected chi connectivity index (χ2v) is 7.60. The fraction of sp³-hybridized carbons (Fsp3) is 0.105. The predicted molar refractivity (Wildman–Crippen MR) is 114 cm³/mol. The normalized spacial score (nSPS) is 10.9. The Labute approximate surface area is 165 Å². The highest BCUT2D eigenvalue weighted by Crippen LogP contribution is 2.33. The largest absolute Gasteiger partial charge is 0.393 e. The Morgan fingerprint density at radius 2 is 1.78 bits per heavy atom. The van der Waals surface area contributed by atoms with Gasteiger partial charge >= 0.3 is 0 Å². The molecule has 2 heterocycles. The van der Waals surface area contributed by atoms with E-state index in [1.807, 2.05) is 50.2 Å². The summed E-state index contributed by atoms with van der Waals surface area (Å²) in [6, 6.07) is 11.7. The molecule has 0 fully saturated rings. The van der Waals surface area contributed by atoms with Gasteiger partial charge in [0.25, 0.3) is 0 Å². The van der Waals surface area contributed by atoms with Gasteiger partial charge in [-0.3, -0.25) is 0 Å². The number of nitrogen functional groups attached to an aromatic ring is 1. The molecule has 0 unspecified atom stereocenters. The first-order valence-corrected chi connectivity index (χ1v) is 9.47. The number of halogens is 1. The molecule has 136 valence electrons. The van der Waals surface area contributed by atoms with Crippen molar-refractivity contribution < 1.29 is 0 Å². The van der Waals surface area contributed by atoms with Crippen LogP contribution in [0.2, 0.25) is 5.02 Å². The van der Waals surface area contributed by atoms with Crippen molar-refractivity contribution in [3.8, 4) is 0 Å². The number of aryl methyl sites for hydroxylation is 2. The molecule has 0 atom stereocenters. The lowest BCUT2D eigenvalue weighted by Crippen LogP contribution is -2.05. The van der Waals surface area contributed by atoms with E-state index in [1.165, 1.54) is 6.33 Å². The summed E-state index contributed by atoms with van der Waals surface area (Å²) in [5.74, 6) is 1.01. The number of thiazole rings is 1. The van der Waals surface area contributed by atoms with Crippen molar-refractivity contribution in [3.05, 3.63) is 58.9 Å². The molecule has 4 aromatic rings. The summed E-state index contributed by atoms with van der Waals surface area (Å²) in [6.45, 7) is 4.03. The van der Waals surface area contributed by atoms with Gasteiger partial charge < -0.3 is 16.4 Å². The Morgan fingerprint density at radius 3 is 2.56 bits per heavy atom. The maximum Gasteiger partial charge on any atom is 0.189 e. The molecule has 0 saturated heterocycles. The van der Waals surface area contributed by atoms with Crippen LogP contribution in [-0.2, 0) is 0 Å². The third kappa shape index (κ3) is 3.51. The molecular formula is C19H17ClN6S. The average molecular weight is 397 g/mol. The van der Waals surface area contributed by atoms with Crippen molar-refractivity contribution >= 4 is 61.3 Å². The second kappa shape index (κ2) is 7.02. The summed E-state index contributed by atoms with van der Waals surface area (Å²) in [4.78, 5) is 13.2. The van der Waals surface area contributed by atoms with E-state index in [0.29, 0.717) is 22.3 Å². The van der Waals surface area contributed by atoms with Crippen LogP contribution in [0.25, 0.3) is 10.2 Å². The van der Waals surface area contributed by atoms with E-state index in [4.69, 9.17) is 17.3 Å². The Kier molecular flexibility index (Phi) is 4.55. The van der Waals surface area contributed by atoms with Gasteiger partial charge in [0.15, 0.2) is 16.8 Å². The number of rotatable bonds is 4. The highest BCUT2D eigenvalue weighted by molar-refractivity contribution is 7.22. The van der Waals surface area contributed by atoms with Gasteiger partial charge in [-0.2, -0.15) is 0 Å². The van der Waals surface area contributed by atoms with Crippen LogP contribution in [0.15, 0.2) is 42.7 Å². The number of para-hydroxylation sites is 1. The van der Waals surface area contributed by atoms with Crippen molar-refractivity contribution in [2.24, 2.45) is 0 Å². The molecule has 0 aliphatic carbocycles. The fourth-order valence-corrected chi connectivity index (χ4v) is 3.81. The van der Waals surface area contributed by atoms with Crippen LogP contribution in [0, 0.1) is 13.8 Å². The molecule has 4 rings (SSSR count). The van der Waals surface area contributed by atoms with Crippen LogP contribution < -0.4 is 16.4 Å². The van der Waals surface area contributed by atoms with Crippen LogP contribution >= 0.6 is 22.9 Å². The van der Waals surface area contributed by atoms with E-state index in [0.717, 1.165) is 32.2 Å². The summed E-state index contributed by atoms with van der Waals surface area (Å²) < 4.78 is 1.11. The number of hydrogen-bond donors (Lipinski definition) is 3. The topological polar surface area (TPSA) is 88.8 Å². The minimum Gasteiger partial charge on any atom is -0.393 e. The summed E-state index contributed by atoms with van der Waals surface area (Å²) >= 11 is 7.64. The number of anilines is 5. The maximum absolute atomic E-state index is 6.29. The Bertz CT molecular complexity index is 1140. The van der Waals surface area contributed by atoms with E-state index in [2.05, 4.69) is 25.6 Å². The lowest BCUT2D eigenvalue weighted by atomic mass is 10.2. The average Bonchev–Trinajstić information content (AvgIpc) is 3.05. The van der Waals surface area contributed by atoms with E-state index < -0.39 is 0 Å². The van der Waals surface area contributed by atoms with E-state index in [1.54, 1.807) is 11.3 Å². The van der Waals surface area contributed by atoms with Crippen molar-refractivity contribution in [2.75, 3.05) is 16.4 Å². The number of nitrogens with two attached hydrogens (primary N) is 1. The number of nitrogens with zero attached hydrogens (tertiary/aromatic N) is 3. The molecule has 27 heavy (non-hydrogen) atoms. The molecule has 0 radical (unpaired) electrons. The van der Waals surface area contributed by atoms with Gasteiger partial charge in [0, 0.05) is 10.7 Å². The summed E-state index contributed by atoms with van der Waals surface area (Å²) in [7, 11) is 0. The van der Waals surface area contributed by atoms with Crippen LogP contribution in [0.4, 0.5) is 28.1 Å². The van der Waals surface area contributed by atoms with Crippen molar-refractivity contribution in [1.82, 2.24) is 15.0 Å². The molecular weight excluding hydrogens is 380 g/mol. The summed E-state index contributed by atoms with van der Waals surface area (Å²) in [5.41, 5.74) is 10.7. The zero-order valence-corrected chi connectivity index (χ0v) is 16.3. The standard InChI is InChI=1S/C19H17ClN6S/c1-10-6-7-12(20)8-13(10)24-17-15(21)18(23-9-22-17)26-19-25-16-11(2)4-3-5-14(16)27-19/h3-9H,21H2,1-2H3,(H2,22,23,24,25,26). The minimum atomic E-state index is 0.410. The number of nitrogens with one attached hydrogen (secondary N) is 2. The molecule has 2 aromatic carbocycles. The van der Waals surface area contributed by atoms with E-state index in [9.17, 15) is 0 Å². The predicted octanol–water partition coefficient (Wildman–Crippen LogP) is 5.43. The zero-order chi connectivity index (χ0) is 19.0. The molecule has 6 nitrogen and oxygen atoms in total. The van der Waals surface area contributed by atoms with Crippen molar-refractivity contribution in [2.45, 2.75) is 13.8 Å². The number of fused-ring (bicyclic) bond motifs is 1.